The van der Waals surface area contributed by atoms with Crippen molar-refractivity contribution in [2.45, 2.75) is 38.1 Å². The molecule has 2 unspecified atom stereocenters. The number of ketones is 1. The van der Waals surface area contributed by atoms with Gasteiger partial charge < -0.3 is 5.73 Å². The second-order valence-electron chi connectivity index (χ2n) is 4.90. The van der Waals surface area contributed by atoms with Crippen molar-refractivity contribution in [1.82, 2.24) is 0 Å². The molecule has 1 fully saturated rings. The lowest BCUT2D eigenvalue weighted by Gasteiger charge is -2.25. The summed E-state index contributed by atoms with van der Waals surface area (Å²) in [6, 6.07) is 6.42. The Hall–Kier alpha value is -1.22. The highest BCUT2D eigenvalue weighted by Gasteiger charge is 2.25. The fourth-order valence-corrected chi connectivity index (χ4v) is 2.51. The number of carbonyl (C=O) groups is 1. The van der Waals surface area contributed by atoms with Gasteiger partial charge in [-0.3, -0.25) is 4.79 Å². The molecule has 2 atom stereocenters. The fourth-order valence-electron chi connectivity index (χ4n) is 2.51. The third-order valence-electron chi connectivity index (χ3n) is 3.44. The lowest BCUT2D eigenvalue weighted by molar-refractivity contribution is -0.123. The number of hydrogen-bond donors (Lipinski definition) is 1. The Bertz CT molecular complexity index is 405. The van der Waals surface area contributed by atoms with Crippen LogP contribution in [0.3, 0.4) is 0 Å². The van der Waals surface area contributed by atoms with Gasteiger partial charge in [0.25, 0.3) is 0 Å². The second-order valence-corrected chi connectivity index (χ2v) is 4.90. The standard InChI is InChI=1S/C14H18FNO/c15-12-5-1-3-10(7-12)8-14(17)11-4-2-6-13(16)9-11/h1,3,5,7,11,13H,2,4,6,8-9,16H2. The molecule has 2 nitrogen and oxygen atoms in total. The van der Waals surface area contributed by atoms with Crippen LogP contribution in [0, 0.1) is 11.7 Å². The maximum Gasteiger partial charge on any atom is 0.140 e. The van der Waals surface area contributed by atoms with Crippen molar-refractivity contribution in [3.63, 3.8) is 0 Å². The van der Waals surface area contributed by atoms with Crippen LogP contribution < -0.4 is 5.73 Å². The van der Waals surface area contributed by atoms with Gasteiger partial charge in [-0.2, -0.15) is 0 Å². The second kappa shape index (κ2) is 5.41. The highest BCUT2D eigenvalue weighted by Crippen LogP contribution is 2.25. The van der Waals surface area contributed by atoms with E-state index in [1.807, 2.05) is 0 Å². The van der Waals surface area contributed by atoms with Crippen LogP contribution in [0.15, 0.2) is 24.3 Å². The van der Waals surface area contributed by atoms with Gasteiger partial charge in [-0.05, 0) is 37.0 Å². The number of halogens is 1. The van der Waals surface area contributed by atoms with Crippen molar-refractivity contribution >= 4 is 5.78 Å². The summed E-state index contributed by atoms with van der Waals surface area (Å²) in [5, 5.41) is 0. The fraction of sp³-hybridized carbons (Fsp3) is 0.500. The quantitative estimate of drug-likeness (QED) is 0.874. The average Bonchev–Trinajstić information content (AvgIpc) is 2.29. The highest BCUT2D eigenvalue weighted by molar-refractivity contribution is 5.83. The minimum atomic E-state index is -0.282. The minimum absolute atomic E-state index is 0.0713. The Morgan fingerprint density at radius 2 is 2.24 bits per heavy atom. The third kappa shape index (κ3) is 3.37. The van der Waals surface area contributed by atoms with Gasteiger partial charge in [0.1, 0.15) is 11.6 Å². The summed E-state index contributed by atoms with van der Waals surface area (Å²) in [5.41, 5.74) is 6.63. The lowest BCUT2D eigenvalue weighted by atomic mass is 9.82. The van der Waals surface area contributed by atoms with Gasteiger partial charge in [-0.25, -0.2) is 4.39 Å². The zero-order chi connectivity index (χ0) is 12.3. The predicted molar refractivity (Wildman–Crippen MR) is 65.0 cm³/mol. The van der Waals surface area contributed by atoms with Crippen molar-refractivity contribution in [3.8, 4) is 0 Å². The van der Waals surface area contributed by atoms with Crippen molar-refractivity contribution in [2.75, 3.05) is 0 Å². The number of Topliss-reactive ketones (excluding diaryl/α,β-unsaturated/α-hetero) is 1. The molecule has 1 aliphatic rings. The number of nitrogens with two attached hydrogens (primary N) is 1. The molecule has 0 radical (unpaired) electrons. The van der Waals surface area contributed by atoms with E-state index in [1.54, 1.807) is 12.1 Å². The van der Waals surface area contributed by atoms with E-state index in [0.29, 0.717) is 6.42 Å². The Labute approximate surface area is 101 Å². The normalized spacial score (nSPS) is 24.6. The molecule has 1 aromatic carbocycles. The van der Waals surface area contributed by atoms with E-state index in [0.717, 1.165) is 31.2 Å². The molecule has 0 aromatic heterocycles. The maximum atomic E-state index is 13.0. The summed E-state index contributed by atoms with van der Waals surface area (Å²) in [5.74, 6) is -0.0107. The third-order valence-corrected chi connectivity index (χ3v) is 3.44. The van der Waals surface area contributed by atoms with Crippen LogP contribution in [0.25, 0.3) is 0 Å². The van der Waals surface area contributed by atoms with Crippen molar-refractivity contribution in [2.24, 2.45) is 11.7 Å². The molecule has 2 N–H and O–H groups in total. The molecule has 92 valence electrons. The van der Waals surface area contributed by atoms with Crippen molar-refractivity contribution in [1.29, 1.82) is 0 Å². The summed E-state index contributed by atoms with van der Waals surface area (Å²) in [6.45, 7) is 0. The lowest BCUT2D eigenvalue weighted by Crippen LogP contribution is -2.32. The van der Waals surface area contributed by atoms with E-state index in [9.17, 15) is 9.18 Å². The SMILES string of the molecule is NC1CCCC(C(=O)Cc2cccc(F)c2)C1. The molecule has 0 bridgehead atoms. The average molecular weight is 235 g/mol. The van der Waals surface area contributed by atoms with E-state index in [1.165, 1.54) is 12.1 Å². The molecule has 1 aromatic rings. The van der Waals surface area contributed by atoms with Gasteiger partial charge in [0.2, 0.25) is 0 Å². The van der Waals surface area contributed by atoms with Gasteiger partial charge in [-0.15, -0.1) is 0 Å². The first-order valence-electron chi connectivity index (χ1n) is 6.18. The zero-order valence-electron chi connectivity index (χ0n) is 9.86. The van der Waals surface area contributed by atoms with Crippen LogP contribution in [0.4, 0.5) is 4.39 Å². The van der Waals surface area contributed by atoms with E-state index >= 15 is 0 Å². The first kappa shape index (κ1) is 12.2. The zero-order valence-corrected chi connectivity index (χ0v) is 9.86. The highest BCUT2D eigenvalue weighted by atomic mass is 19.1. The predicted octanol–water partition coefficient (Wildman–Crippen LogP) is 2.45. The topological polar surface area (TPSA) is 43.1 Å². The first-order valence-corrected chi connectivity index (χ1v) is 6.18. The van der Waals surface area contributed by atoms with Crippen LogP contribution in [-0.2, 0) is 11.2 Å². The number of rotatable bonds is 3. The first-order chi connectivity index (χ1) is 8.15. The van der Waals surface area contributed by atoms with Gasteiger partial charge in [0.05, 0.1) is 0 Å². The molecule has 17 heavy (non-hydrogen) atoms. The molecule has 0 saturated heterocycles. The molecule has 1 aliphatic carbocycles. The minimum Gasteiger partial charge on any atom is -0.328 e. The Balaban J connectivity index is 1.96. The molecule has 0 aliphatic heterocycles. The summed E-state index contributed by atoms with van der Waals surface area (Å²) < 4.78 is 13.0. The molecule has 0 spiro atoms. The number of benzene rings is 1. The van der Waals surface area contributed by atoms with Crippen LogP contribution in [-0.4, -0.2) is 11.8 Å². The Kier molecular flexibility index (Phi) is 3.89. The molecular weight excluding hydrogens is 217 g/mol. The Morgan fingerprint density at radius 1 is 1.41 bits per heavy atom. The van der Waals surface area contributed by atoms with Crippen LogP contribution in [0.1, 0.15) is 31.2 Å². The smallest absolute Gasteiger partial charge is 0.140 e. The molecule has 3 heteroatoms. The summed E-state index contributed by atoms with van der Waals surface area (Å²) in [4.78, 5) is 12.0. The Morgan fingerprint density at radius 3 is 2.94 bits per heavy atom. The van der Waals surface area contributed by atoms with Crippen LogP contribution in [0.5, 0.6) is 0 Å². The molecule has 2 rings (SSSR count). The summed E-state index contributed by atoms with van der Waals surface area (Å²) >= 11 is 0. The largest absolute Gasteiger partial charge is 0.328 e. The summed E-state index contributed by atoms with van der Waals surface area (Å²) in [7, 11) is 0. The van der Waals surface area contributed by atoms with E-state index < -0.39 is 0 Å². The molecule has 0 amide bonds. The van der Waals surface area contributed by atoms with E-state index in [-0.39, 0.29) is 23.6 Å². The molecular formula is C14H18FNO. The van der Waals surface area contributed by atoms with E-state index in [4.69, 9.17) is 5.73 Å². The van der Waals surface area contributed by atoms with E-state index in [2.05, 4.69) is 0 Å². The summed E-state index contributed by atoms with van der Waals surface area (Å²) in [6.07, 6.45) is 4.09. The van der Waals surface area contributed by atoms with Gasteiger partial charge >= 0.3 is 0 Å². The van der Waals surface area contributed by atoms with Crippen molar-refractivity contribution in [3.05, 3.63) is 35.6 Å². The molecule has 1 saturated carbocycles. The van der Waals surface area contributed by atoms with Gasteiger partial charge in [0, 0.05) is 18.4 Å². The van der Waals surface area contributed by atoms with Crippen LogP contribution >= 0.6 is 0 Å². The molecule has 0 heterocycles. The number of carbonyl (C=O) groups excluding carboxylic acids is 1. The maximum absolute atomic E-state index is 13.0. The number of hydrogen-bond acceptors (Lipinski definition) is 2. The van der Waals surface area contributed by atoms with Gasteiger partial charge in [-0.1, -0.05) is 18.6 Å². The van der Waals surface area contributed by atoms with Crippen LogP contribution in [0.2, 0.25) is 0 Å². The van der Waals surface area contributed by atoms with Crippen molar-refractivity contribution < 1.29 is 9.18 Å². The monoisotopic (exact) mass is 235 g/mol. The van der Waals surface area contributed by atoms with Gasteiger partial charge in [0.15, 0.2) is 0 Å².